The van der Waals surface area contributed by atoms with Gasteiger partial charge in [0.15, 0.2) is 0 Å². The molecule has 0 amide bonds. The summed E-state index contributed by atoms with van der Waals surface area (Å²) in [5.41, 5.74) is 2.13. The van der Waals surface area contributed by atoms with Crippen molar-refractivity contribution in [2.24, 2.45) is 0 Å². The van der Waals surface area contributed by atoms with Crippen LogP contribution in [0.4, 0.5) is 5.69 Å². The van der Waals surface area contributed by atoms with Crippen LogP contribution < -0.4 is 5.32 Å². The van der Waals surface area contributed by atoms with Gasteiger partial charge in [0.25, 0.3) is 0 Å². The molecule has 0 radical (unpaired) electrons. The number of unbranched alkanes of at least 4 members (excludes halogenated alkanes) is 2. The Morgan fingerprint density at radius 1 is 1.33 bits per heavy atom. The second-order valence-corrected chi connectivity index (χ2v) is 4.95. The fraction of sp³-hybridized carbons (Fsp3) is 0.250. The molecule has 0 aliphatic rings. The van der Waals surface area contributed by atoms with Crippen molar-refractivity contribution in [1.82, 2.24) is 0 Å². The van der Waals surface area contributed by atoms with Gasteiger partial charge < -0.3 is 5.32 Å². The summed E-state index contributed by atoms with van der Waals surface area (Å²) in [6.45, 7) is 5.95. The summed E-state index contributed by atoms with van der Waals surface area (Å²) in [6.07, 6.45) is 11.7. The van der Waals surface area contributed by atoms with Crippen molar-refractivity contribution >= 4 is 21.6 Å². The maximum absolute atomic E-state index is 3.74. The summed E-state index contributed by atoms with van der Waals surface area (Å²) in [7, 11) is 0. The molecule has 1 aromatic rings. The van der Waals surface area contributed by atoms with E-state index in [1.807, 2.05) is 30.3 Å². The molecule has 0 atom stereocenters. The Morgan fingerprint density at radius 2 is 2.06 bits per heavy atom. The van der Waals surface area contributed by atoms with Gasteiger partial charge >= 0.3 is 0 Å². The van der Waals surface area contributed by atoms with Crippen molar-refractivity contribution in [2.75, 3.05) is 5.32 Å². The smallest absolute Gasteiger partial charge is 0.0384 e. The number of allylic oxidation sites excluding steroid dienone is 4. The number of nitrogens with one attached hydrogen (secondary N) is 1. The first kappa shape index (κ1) is 14.8. The Bertz CT molecular complexity index is 415. The summed E-state index contributed by atoms with van der Waals surface area (Å²) < 4.78 is 1.08. The van der Waals surface area contributed by atoms with Gasteiger partial charge in [0.2, 0.25) is 0 Å². The highest BCUT2D eigenvalue weighted by molar-refractivity contribution is 9.10. The van der Waals surface area contributed by atoms with Gasteiger partial charge in [-0.05, 0) is 42.8 Å². The molecule has 0 spiro atoms. The number of anilines is 1. The molecule has 1 aromatic carbocycles. The van der Waals surface area contributed by atoms with Crippen molar-refractivity contribution in [2.45, 2.75) is 26.2 Å². The third-order valence-corrected chi connectivity index (χ3v) is 2.98. The van der Waals surface area contributed by atoms with Gasteiger partial charge in [0.1, 0.15) is 0 Å². The number of halogens is 1. The molecule has 0 saturated heterocycles. The van der Waals surface area contributed by atoms with E-state index in [0.717, 1.165) is 22.3 Å². The number of rotatable bonds is 7. The molecule has 0 heterocycles. The summed E-state index contributed by atoms with van der Waals surface area (Å²) >= 11 is 3.43. The zero-order chi connectivity index (χ0) is 13.2. The van der Waals surface area contributed by atoms with E-state index in [2.05, 4.69) is 46.9 Å². The van der Waals surface area contributed by atoms with Crippen LogP contribution in [0.3, 0.4) is 0 Å². The number of hydrogen-bond donors (Lipinski definition) is 1. The van der Waals surface area contributed by atoms with Crippen LogP contribution in [0.1, 0.15) is 26.2 Å². The largest absolute Gasteiger partial charge is 0.356 e. The van der Waals surface area contributed by atoms with Crippen molar-refractivity contribution < 1.29 is 0 Å². The minimum Gasteiger partial charge on any atom is -0.356 e. The van der Waals surface area contributed by atoms with Gasteiger partial charge in [-0.15, -0.1) is 0 Å². The predicted octanol–water partition coefficient (Wildman–Crippen LogP) is 5.68. The summed E-state index contributed by atoms with van der Waals surface area (Å²) in [6, 6.07) is 8.13. The molecule has 2 heteroatoms. The van der Waals surface area contributed by atoms with E-state index < -0.39 is 0 Å². The summed E-state index contributed by atoms with van der Waals surface area (Å²) in [5.74, 6) is 0. The quantitative estimate of drug-likeness (QED) is 0.505. The molecular weight excluding hydrogens is 286 g/mol. The van der Waals surface area contributed by atoms with E-state index in [-0.39, 0.29) is 0 Å². The van der Waals surface area contributed by atoms with E-state index in [1.54, 1.807) is 6.08 Å². The minimum atomic E-state index is 1.06. The molecule has 96 valence electrons. The lowest BCUT2D eigenvalue weighted by atomic mass is 10.2. The van der Waals surface area contributed by atoms with Gasteiger partial charge in [-0.25, -0.2) is 0 Å². The van der Waals surface area contributed by atoms with Crippen molar-refractivity contribution in [1.29, 1.82) is 0 Å². The minimum absolute atomic E-state index is 1.06. The molecule has 1 nitrogen and oxygen atoms in total. The van der Waals surface area contributed by atoms with Crippen LogP contribution in [0.5, 0.6) is 0 Å². The molecule has 1 N–H and O–H groups in total. The van der Waals surface area contributed by atoms with Gasteiger partial charge in [0.05, 0.1) is 0 Å². The SMILES string of the molecule is C=C/C=C(\C=C/CCCC)Nc1ccc(Br)cc1. The molecule has 18 heavy (non-hydrogen) atoms. The van der Waals surface area contributed by atoms with Crippen LogP contribution in [-0.2, 0) is 0 Å². The fourth-order valence-electron chi connectivity index (χ4n) is 1.50. The molecule has 0 aromatic heterocycles. The van der Waals surface area contributed by atoms with Gasteiger partial charge in [-0.3, -0.25) is 0 Å². The van der Waals surface area contributed by atoms with E-state index in [4.69, 9.17) is 0 Å². The Labute approximate surface area is 118 Å². The Balaban J connectivity index is 2.63. The summed E-state index contributed by atoms with van der Waals surface area (Å²) in [4.78, 5) is 0. The fourth-order valence-corrected chi connectivity index (χ4v) is 1.76. The molecule has 0 fully saturated rings. The van der Waals surface area contributed by atoms with Crippen LogP contribution in [0, 0.1) is 0 Å². The lowest BCUT2D eigenvalue weighted by molar-refractivity contribution is 0.814. The first-order chi connectivity index (χ1) is 8.76. The second kappa shape index (κ2) is 8.76. The van der Waals surface area contributed by atoms with E-state index in [1.165, 1.54) is 12.8 Å². The van der Waals surface area contributed by atoms with Crippen LogP contribution in [0.2, 0.25) is 0 Å². The zero-order valence-electron chi connectivity index (χ0n) is 10.8. The van der Waals surface area contributed by atoms with Crippen LogP contribution >= 0.6 is 15.9 Å². The Hall–Kier alpha value is -1.28. The normalized spacial score (nSPS) is 11.8. The van der Waals surface area contributed by atoms with E-state index >= 15 is 0 Å². The standard InChI is InChI=1S/C16H20BrN/c1-3-5-6-7-9-15(8-4-2)18-16-12-10-14(17)11-13-16/h4,7-13,18H,2-3,5-6H2,1H3/b9-7-,15-8+. The molecule has 0 aliphatic heterocycles. The van der Waals surface area contributed by atoms with E-state index in [9.17, 15) is 0 Å². The number of benzene rings is 1. The maximum Gasteiger partial charge on any atom is 0.0384 e. The van der Waals surface area contributed by atoms with Crippen molar-refractivity contribution in [3.63, 3.8) is 0 Å². The van der Waals surface area contributed by atoms with Crippen LogP contribution in [-0.4, -0.2) is 0 Å². The first-order valence-electron chi connectivity index (χ1n) is 6.28. The van der Waals surface area contributed by atoms with E-state index in [0.29, 0.717) is 0 Å². The predicted molar refractivity (Wildman–Crippen MR) is 84.7 cm³/mol. The Kier molecular flexibility index (Phi) is 7.19. The zero-order valence-corrected chi connectivity index (χ0v) is 12.4. The topological polar surface area (TPSA) is 12.0 Å². The second-order valence-electron chi connectivity index (χ2n) is 4.03. The molecule has 0 saturated carbocycles. The van der Waals surface area contributed by atoms with Crippen LogP contribution in [0.25, 0.3) is 0 Å². The van der Waals surface area contributed by atoms with Crippen LogP contribution in [0.15, 0.2) is 65.3 Å². The average molecular weight is 306 g/mol. The third-order valence-electron chi connectivity index (χ3n) is 2.45. The van der Waals surface area contributed by atoms with Gasteiger partial charge in [-0.1, -0.05) is 54.4 Å². The lowest BCUT2D eigenvalue weighted by Crippen LogP contribution is -1.96. The number of hydrogen-bond acceptors (Lipinski definition) is 1. The molecule has 1 rings (SSSR count). The highest BCUT2D eigenvalue weighted by Gasteiger charge is 1.94. The third kappa shape index (κ3) is 5.87. The van der Waals surface area contributed by atoms with Crippen molar-refractivity contribution in [3.05, 3.63) is 65.3 Å². The van der Waals surface area contributed by atoms with Gasteiger partial charge in [0, 0.05) is 15.9 Å². The van der Waals surface area contributed by atoms with Gasteiger partial charge in [-0.2, -0.15) is 0 Å². The Morgan fingerprint density at radius 3 is 2.67 bits per heavy atom. The molecule has 0 unspecified atom stereocenters. The lowest BCUT2D eigenvalue weighted by Gasteiger charge is -2.07. The van der Waals surface area contributed by atoms with Crippen molar-refractivity contribution in [3.8, 4) is 0 Å². The average Bonchev–Trinajstić information content (AvgIpc) is 2.37. The highest BCUT2D eigenvalue weighted by atomic mass is 79.9. The molecular formula is C16H20BrN. The maximum atomic E-state index is 3.74. The summed E-state index contributed by atoms with van der Waals surface area (Å²) in [5, 5.41) is 3.37. The monoisotopic (exact) mass is 305 g/mol. The molecule has 0 bridgehead atoms. The molecule has 0 aliphatic carbocycles. The highest BCUT2D eigenvalue weighted by Crippen LogP contribution is 2.16. The first-order valence-corrected chi connectivity index (χ1v) is 7.07.